The molecule has 1 rings (SSSR count). The smallest absolute Gasteiger partial charge is 0.408 e. The molecule has 0 aliphatic heterocycles. The van der Waals surface area contributed by atoms with Crippen LogP contribution in [0.1, 0.15) is 52.9 Å². The Hall–Kier alpha value is -1.56. The molecule has 6 heteroatoms. The first-order valence-electron chi connectivity index (χ1n) is 8.16. The van der Waals surface area contributed by atoms with Gasteiger partial charge in [-0.2, -0.15) is 0 Å². The van der Waals surface area contributed by atoms with Crippen LogP contribution in [0.4, 0.5) is 4.79 Å². The molecule has 0 aromatic heterocycles. The summed E-state index contributed by atoms with van der Waals surface area (Å²) in [6.45, 7) is 9.41. The molecule has 1 unspecified atom stereocenters. The SMILES string of the molecule is C=CCOC1CCC(CC(NC(=O)OC(C)(C)C)C(=O)O)CC1. The molecule has 0 saturated heterocycles. The van der Waals surface area contributed by atoms with Gasteiger partial charge in [-0.3, -0.25) is 0 Å². The third-order valence-electron chi connectivity index (χ3n) is 3.80. The summed E-state index contributed by atoms with van der Waals surface area (Å²) in [5.74, 6) is -0.754. The van der Waals surface area contributed by atoms with Gasteiger partial charge in [0.25, 0.3) is 0 Å². The third-order valence-corrected chi connectivity index (χ3v) is 3.80. The van der Waals surface area contributed by atoms with E-state index >= 15 is 0 Å². The van der Waals surface area contributed by atoms with E-state index in [1.165, 1.54) is 0 Å². The number of carboxylic acid groups (broad SMARTS) is 1. The number of hydrogen-bond donors (Lipinski definition) is 2. The van der Waals surface area contributed by atoms with E-state index in [9.17, 15) is 14.7 Å². The lowest BCUT2D eigenvalue weighted by molar-refractivity contribution is -0.140. The summed E-state index contributed by atoms with van der Waals surface area (Å²) in [4.78, 5) is 23.1. The molecular weight excluding hydrogens is 298 g/mol. The van der Waals surface area contributed by atoms with Gasteiger partial charge in [-0.15, -0.1) is 6.58 Å². The minimum Gasteiger partial charge on any atom is -0.480 e. The molecule has 0 aromatic carbocycles. The van der Waals surface area contributed by atoms with Crippen LogP contribution in [0.2, 0.25) is 0 Å². The zero-order valence-corrected chi connectivity index (χ0v) is 14.3. The Kier molecular flexibility index (Phi) is 7.55. The van der Waals surface area contributed by atoms with Crippen molar-refractivity contribution < 1.29 is 24.2 Å². The second-order valence-corrected chi connectivity index (χ2v) is 7.04. The van der Waals surface area contributed by atoms with Gasteiger partial charge in [-0.05, 0) is 58.8 Å². The number of carboxylic acids is 1. The van der Waals surface area contributed by atoms with Crippen LogP contribution in [-0.4, -0.2) is 41.5 Å². The van der Waals surface area contributed by atoms with E-state index in [4.69, 9.17) is 9.47 Å². The van der Waals surface area contributed by atoms with Crippen LogP contribution in [0.15, 0.2) is 12.7 Å². The first-order chi connectivity index (χ1) is 10.7. The normalized spacial score (nSPS) is 22.9. The van der Waals surface area contributed by atoms with Crippen LogP contribution in [0.5, 0.6) is 0 Å². The maximum absolute atomic E-state index is 11.8. The summed E-state index contributed by atoms with van der Waals surface area (Å²) in [6.07, 6.45) is 5.33. The first kappa shape index (κ1) is 19.5. The van der Waals surface area contributed by atoms with E-state index in [1.54, 1.807) is 26.8 Å². The number of amides is 1. The van der Waals surface area contributed by atoms with Crippen molar-refractivity contribution in [2.75, 3.05) is 6.61 Å². The summed E-state index contributed by atoms with van der Waals surface area (Å²) in [7, 11) is 0. The molecule has 23 heavy (non-hydrogen) atoms. The number of ether oxygens (including phenoxy) is 2. The molecule has 0 bridgehead atoms. The van der Waals surface area contributed by atoms with E-state index in [0.717, 1.165) is 25.7 Å². The van der Waals surface area contributed by atoms with Crippen molar-refractivity contribution in [3.8, 4) is 0 Å². The van der Waals surface area contributed by atoms with Crippen LogP contribution < -0.4 is 5.32 Å². The van der Waals surface area contributed by atoms with E-state index in [1.807, 2.05) is 0 Å². The fourth-order valence-electron chi connectivity index (χ4n) is 2.74. The number of nitrogens with one attached hydrogen (secondary N) is 1. The maximum Gasteiger partial charge on any atom is 0.408 e. The van der Waals surface area contributed by atoms with Gasteiger partial charge in [0, 0.05) is 0 Å². The molecule has 0 spiro atoms. The standard InChI is InChI=1S/C17H29NO5/c1-5-10-22-13-8-6-12(7-9-13)11-14(15(19)20)18-16(21)23-17(2,3)4/h5,12-14H,1,6-11H2,2-4H3,(H,18,21)(H,19,20). The monoisotopic (exact) mass is 327 g/mol. The second kappa shape index (κ2) is 8.91. The van der Waals surface area contributed by atoms with Gasteiger partial charge in [-0.1, -0.05) is 6.08 Å². The zero-order chi connectivity index (χ0) is 17.5. The summed E-state index contributed by atoms with van der Waals surface area (Å²) >= 11 is 0. The molecule has 132 valence electrons. The largest absolute Gasteiger partial charge is 0.480 e. The predicted molar refractivity (Wildman–Crippen MR) is 87.3 cm³/mol. The van der Waals surface area contributed by atoms with Gasteiger partial charge in [0.15, 0.2) is 0 Å². The van der Waals surface area contributed by atoms with E-state index in [0.29, 0.717) is 13.0 Å². The Bertz CT molecular complexity index is 408. The van der Waals surface area contributed by atoms with Gasteiger partial charge in [0.05, 0.1) is 12.7 Å². The molecule has 1 amide bonds. The van der Waals surface area contributed by atoms with Crippen molar-refractivity contribution in [1.82, 2.24) is 5.32 Å². The van der Waals surface area contributed by atoms with Gasteiger partial charge < -0.3 is 19.9 Å². The topological polar surface area (TPSA) is 84.9 Å². The number of hydrogen-bond acceptors (Lipinski definition) is 4. The Morgan fingerprint density at radius 3 is 2.39 bits per heavy atom. The predicted octanol–water partition coefficient (Wildman–Crippen LogP) is 3.12. The molecule has 1 fully saturated rings. The zero-order valence-electron chi connectivity index (χ0n) is 14.3. The minimum atomic E-state index is -1.03. The second-order valence-electron chi connectivity index (χ2n) is 7.04. The first-order valence-corrected chi connectivity index (χ1v) is 8.16. The molecule has 1 atom stereocenters. The highest BCUT2D eigenvalue weighted by atomic mass is 16.6. The lowest BCUT2D eigenvalue weighted by Crippen LogP contribution is -2.44. The number of carbonyl (C=O) groups excluding carboxylic acids is 1. The highest BCUT2D eigenvalue weighted by Gasteiger charge is 2.29. The Labute approximate surface area is 138 Å². The van der Waals surface area contributed by atoms with Crippen molar-refractivity contribution in [2.45, 2.75) is 70.6 Å². The van der Waals surface area contributed by atoms with E-state index in [-0.39, 0.29) is 12.0 Å². The average molecular weight is 327 g/mol. The molecule has 0 heterocycles. The van der Waals surface area contributed by atoms with Crippen LogP contribution in [0, 0.1) is 5.92 Å². The molecule has 1 saturated carbocycles. The highest BCUT2D eigenvalue weighted by Crippen LogP contribution is 2.29. The Morgan fingerprint density at radius 1 is 1.30 bits per heavy atom. The fourth-order valence-corrected chi connectivity index (χ4v) is 2.74. The average Bonchev–Trinajstić information content (AvgIpc) is 2.43. The van der Waals surface area contributed by atoms with Crippen molar-refractivity contribution in [2.24, 2.45) is 5.92 Å². The van der Waals surface area contributed by atoms with Crippen molar-refractivity contribution >= 4 is 12.1 Å². The molecule has 1 aliphatic rings. The summed E-state index contributed by atoms with van der Waals surface area (Å²) in [5, 5.41) is 11.8. The summed E-state index contributed by atoms with van der Waals surface area (Å²) in [5.41, 5.74) is -0.645. The third kappa shape index (κ3) is 8.02. The quantitative estimate of drug-likeness (QED) is 0.702. The van der Waals surface area contributed by atoms with Gasteiger partial charge in [0.1, 0.15) is 11.6 Å². The molecule has 1 aliphatic carbocycles. The minimum absolute atomic E-state index is 0.228. The lowest BCUT2D eigenvalue weighted by atomic mass is 9.83. The molecule has 0 radical (unpaired) electrons. The summed E-state index contributed by atoms with van der Waals surface area (Å²) in [6, 6.07) is -0.916. The summed E-state index contributed by atoms with van der Waals surface area (Å²) < 4.78 is 10.8. The molecule has 0 aromatic rings. The van der Waals surface area contributed by atoms with Crippen molar-refractivity contribution in [1.29, 1.82) is 0 Å². The maximum atomic E-state index is 11.8. The molecule has 6 nitrogen and oxygen atoms in total. The van der Waals surface area contributed by atoms with Crippen molar-refractivity contribution in [3.05, 3.63) is 12.7 Å². The number of alkyl carbamates (subject to hydrolysis) is 1. The van der Waals surface area contributed by atoms with Crippen LogP contribution in [-0.2, 0) is 14.3 Å². The highest BCUT2D eigenvalue weighted by molar-refractivity contribution is 5.80. The fraction of sp³-hybridized carbons (Fsp3) is 0.765. The molecular formula is C17H29NO5. The number of aliphatic carboxylic acids is 1. The lowest BCUT2D eigenvalue weighted by Gasteiger charge is -2.30. The molecule has 2 N–H and O–H groups in total. The van der Waals surface area contributed by atoms with E-state index in [2.05, 4.69) is 11.9 Å². The van der Waals surface area contributed by atoms with E-state index < -0.39 is 23.7 Å². The van der Waals surface area contributed by atoms with Crippen LogP contribution in [0.3, 0.4) is 0 Å². The van der Waals surface area contributed by atoms with Crippen LogP contribution in [0.25, 0.3) is 0 Å². The Morgan fingerprint density at radius 2 is 1.91 bits per heavy atom. The van der Waals surface area contributed by atoms with Crippen molar-refractivity contribution in [3.63, 3.8) is 0 Å². The number of carbonyl (C=O) groups is 2. The Balaban J connectivity index is 2.43. The number of rotatable bonds is 7. The van der Waals surface area contributed by atoms with Crippen LogP contribution >= 0.6 is 0 Å². The van der Waals surface area contributed by atoms with Gasteiger partial charge in [-0.25, -0.2) is 9.59 Å². The van der Waals surface area contributed by atoms with Gasteiger partial charge in [0.2, 0.25) is 0 Å². The van der Waals surface area contributed by atoms with Gasteiger partial charge >= 0.3 is 12.1 Å².